The number of carbonyl (C=O) groups is 1. The molecule has 1 aromatic heterocycles. The molecule has 5 nitrogen and oxygen atoms in total. The Kier molecular flexibility index (Phi) is 5.98. The third kappa shape index (κ3) is 4.99. The number of amides is 1. The average Bonchev–Trinajstić information content (AvgIpc) is 2.65. The second-order valence-corrected chi connectivity index (χ2v) is 7.75. The van der Waals surface area contributed by atoms with E-state index in [0.717, 1.165) is 11.1 Å². The molecule has 0 aliphatic rings. The number of benzene rings is 2. The van der Waals surface area contributed by atoms with Gasteiger partial charge < -0.3 is 10.3 Å². The Morgan fingerprint density at radius 2 is 1.93 bits per heavy atom. The lowest BCUT2D eigenvalue weighted by Gasteiger charge is -2.12. The Morgan fingerprint density at radius 1 is 1.19 bits per heavy atom. The number of halogens is 1. The van der Waals surface area contributed by atoms with Crippen molar-refractivity contribution in [1.82, 2.24) is 9.97 Å². The summed E-state index contributed by atoms with van der Waals surface area (Å²) in [7, 11) is 0. The maximum atomic E-state index is 12.5. The summed E-state index contributed by atoms with van der Waals surface area (Å²) in [4.78, 5) is 31.6. The molecule has 0 spiro atoms. The topological polar surface area (TPSA) is 74.8 Å². The van der Waals surface area contributed by atoms with Gasteiger partial charge in [0.25, 0.3) is 5.56 Å². The van der Waals surface area contributed by atoms with Gasteiger partial charge in [0.1, 0.15) is 0 Å². The molecule has 1 atom stereocenters. The predicted octanol–water partition coefficient (Wildman–Crippen LogP) is 4.52. The maximum Gasteiger partial charge on any atom is 0.252 e. The predicted molar refractivity (Wildman–Crippen MR) is 110 cm³/mol. The first-order valence-corrected chi connectivity index (χ1v) is 9.58. The smallest absolute Gasteiger partial charge is 0.252 e. The van der Waals surface area contributed by atoms with Crippen molar-refractivity contribution in [2.75, 3.05) is 5.32 Å². The van der Waals surface area contributed by atoms with Crippen molar-refractivity contribution >= 4 is 35.0 Å². The Morgan fingerprint density at radius 3 is 2.63 bits per heavy atom. The van der Waals surface area contributed by atoms with Gasteiger partial charge >= 0.3 is 0 Å². The molecule has 2 N–H and O–H groups in total. The number of carbonyl (C=O) groups excluding carboxylic acids is 1. The van der Waals surface area contributed by atoms with Crippen LogP contribution in [0.15, 0.2) is 64.5 Å². The zero-order valence-electron chi connectivity index (χ0n) is 14.8. The van der Waals surface area contributed by atoms with E-state index < -0.39 is 5.25 Å². The number of rotatable bonds is 5. The largest absolute Gasteiger partial charge is 0.325 e. The zero-order valence-corrected chi connectivity index (χ0v) is 16.4. The van der Waals surface area contributed by atoms with Gasteiger partial charge in [0.15, 0.2) is 5.16 Å². The van der Waals surface area contributed by atoms with E-state index in [1.54, 1.807) is 19.1 Å². The van der Waals surface area contributed by atoms with Gasteiger partial charge in [-0.15, -0.1) is 0 Å². The van der Waals surface area contributed by atoms with Crippen molar-refractivity contribution in [3.8, 4) is 11.3 Å². The Labute approximate surface area is 166 Å². The van der Waals surface area contributed by atoms with Crippen molar-refractivity contribution in [1.29, 1.82) is 0 Å². The van der Waals surface area contributed by atoms with E-state index in [4.69, 9.17) is 11.6 Å². The van der Waals surface area contributed by atoms with Crippen molar-refractivity contribution in [3.63, 3.8) is 0 Å². The highest BCUT2D eigenvalue weighted by Gasteiger charge is 2.17. The number of thioether (sulfide) groups is 1. The molecule has 0 fully saturated rings. The molecule has 1 unspecified atom stereocenters. The van der Waals surface area contributed by atoms with E-state index in [1.807, 2.05) is 43.3 Å². The number of anilines is 1. The maximum absolute atomic E-state index is 12.5. The lowest BCUT2D eigenvalue weighted by Crippen LogP contribution is -2.23. The minimum Gasteiger partial charge on any atom is -0.325 e. The summed E-state index contributed by atoms with van der Waals surface area (Å²) in [6.45, 7) is 3.65. The number of hydrogen-bond donors (Lipinski definition) is 2. The summed E-state index contributed by atoms with van der Waals surface area (Å²) in [5.74, 6) is -0.201. The lowest BCUT2D eigenvalue weighted by atomic mass is 10.1. The van der Waals surface area contributed by atoms with Gasteiger partial charge in [0.2, 0.25) is 5.91 Å². The minimum atomic E-state index is -0.459. The van der Waals surface area contributed by atoms with Crippen LogP contribution < -0.4 is 10.9 Å². The molecule has 3 aromatic rings. The molecule has 1 heterocycles. The molecule has 0 radical (unpaired) electrons. The number of nitrogens with one attached hydrogen (secondary N) is 2. The summed E-state index contributed by atoms with van der Waals surface area (Å²) in [6.07, 6.45) is 0. The summed E-state index contributed by atoms with van der Waals surface area (Å²) < 4.78 is 0. The van der Waals surface area contributed by atoms with Crippen molar-refractivity contribution in [2.45, 2.75) is 24.3 Å². The van der Waals surface area contributed by atoms with Crippen LogP contribution >= 0.6 is 23.4 Å². The Balaban J connectivity index is 1.74. The van der Waals surface area contributed by atoms with Crippen LogP contribution in [-0.4, -0.2) is 21.1 Å². The van der Waals surface area contributed by atoms with Gasteiger partial charge in [0.05, 0.1) is 10.9 Å². The molecule has 138 valence electrons. The van der Waals surface area contributed by atoms with E-state index >= 15 is 0 Å². The normalized spacial score (nSPS) is 11.8. The van der Waals surface area contributed by atoms with Gasteiger partial charge in [-0.2, -0.15) is 0 Å². The molecule has 0 aliphatic carbocycles. The second kappa shape index (κ2) is 8.41. The summed E-state index contributed by atoms with van der Waals surface area (Å²) in [5.41, 5.74) is 2.72. The second-order valence-electron chi connectivity index (χ2n) is 6.02. The van der Waals surface area contributed by atoms with Gasteiger partial charge in [0, 0.05) is 22.3 Å². The molecule has 0 saturated heterocycles. The van der Waals surface area contributed by atoms with Crippen LogP contribution in [0.5, 0.6) is 0 Å². The van der Waals surface area contributed by atoms with Crippen LogP contribution in [0.3, 0.4) is 0 Å². The molecule has 0 bridgehead atoms. The molecular formula is C20H18ClN3O2S. The van der Waals surface area contributed by atoms with E-state index in [1.165, 1.54) is 17.8 Å². The van der Waals surface area contributed by atoms with Gasteiger partial charge in [-0.1, -0.05) is 59.8 Å². The average molecular weight is 400 g/mol. The van der Waals surface area contributed by atoms with E-state index in [-0.39, 0.29) is 11.5 Å². The number of aromatic nitrogens is 2. The number of aromatic amines is 1. The molecular weight excluding hydrogens is 382 g/mol. The first kappa shape index (κ1) is 19.2. The SMILES string of the molecule is Cc1ccc(NC(=O)C(C)Sc2nc(-c3ccccc3)cc(=O)[nH]2)cc1Cl. The van der Waals surface area contributed by atoms with Crippen molar-refractivity contribution in [3.05, 3.63) is 75.5 Å². The quantitative estimate of drug-likeness (QED) is 0.488. The van der Waals surface area contributed by atoms with Crippen LogP contribution in [0, 0.1) is 6.92 Å². The van der Waals surface area contributed by atoms with Crippen molar-refractivity contribution in [2.24, 2.45) is 0 Å². The zero-order chi connectivity index (χ0) is 19.4. The molecule has 27 heavy (non-hydrogen) atoms. The first-order chi connectivity index (χ1) is 12.9. The van der Waals surface area contributed by atoms with Crippen LogP contribution in [0.2, 0.25) is 5.02 Å². The standard InChI is InChI=1S/C20H18ClN3O2S/c1-12-8-9-15(10-16(12)21)22-19(26)13(2)27-20-23-17(11-18(25)24-20)14-6-4-3-5-7-14/h3-11,13H,1-2H3,(H,22,26)(H,23,24,25). The van der Waals surface area contributed by atoms with E-state index in [0.29, 0.717) is 21.6 Å². The molecule has 3 rings (SSSR count). The van der Waals surface area contributed by atoms with Gasteiger partial charge in [-0.25, -0.2) is 4.98 Å². The third-order valence-corrected chi connectivity index (χ3v) is 5.28. The highest BCUT2D eigenvalue weighted by molar-refractivity contribution is 8.00. The highest BCUT2D eigenvalue weighted by Crippen LogP contribution is 2.24. The summed E-state index contributed by atoms with van der Waals surface area (Å²) in [6, 6.07) is 16.2. The Bertz CT molecular complexity index is 1020. The third-order valence-electron chi connectivity index (χ3n) is 3.89. The van der Waals surface area contributed by atoms with E-state index in [9.17, 15) is 9.59 Å². The number of H-pyrrole nitrogens is 1. The fraction of sp³-hybridized carbons (Fsp3) is 0.150. The summed E-state index contributed by atoms with van der Waals surface area (Å²) >= 11 is 7.28. The summed E-state index contributed by atoms with van der Waals surface area (Å²) in [5, 5.41) is 3.35. The van der Waals surface area contributed by atoms with Crippen LogP contribution in [0.1, 0.15) is 12.5 Å². The van der Waals surface area contributed by atoms with Crippen molar-refractivity contribution < 1.29 is 4.79 Å². The molecule has 1 amide bonds. The monoisotopic (exact) mass is 399 g/mol. The first-order valence-electron chi connectivity index (χ1n) is 8.33. The minimum absolute atomic E-state index is 0.201. The molecule has 2 aromatic carbocycles. The van der Waals surface area contributed by atoms with E-state index in [2.05, 4.69) is 15.3 Å². The number of hydrogen-bond acceptors (Lipinski definition) is 4. The van der Waals surface area contributed by atoms with Crippen LogP contribution in [0.4, 0.5) is 5.69 Å². The molecule has 0 saturated carbocycles. The lowest BCUT2D eigenvalue weighted by molar-refractivity contribution is -0.115. The fourth-order valence-electron chi connectivity index (χ4n) is 2.38. The molecule has 0 aliphatic heterocycles. The van der Waals surface area contributed by atoms with Gasteiger partial charge in [-0.05, 0) is 31.5 Å². The fourth-order valence-corrected chi connectivity index (χ4v) is 3.38. The van der Waals surface area contributed by atoms with Crippen LogP contribution in [0.25, 0.3) is 11.3 Å². The Hall–Kier alpha value is -2.57. The van der Waals surface area contributed by atoms with Gasteiger partial charge in [-0.3, -0.25) is 9.59 Å². The van der Waals surface area contributed by atoms with Crippen LogP contribution in [-0.2, 0) is 4.79 Å². The highest BCUT2D eigenvalue weighted by atomic mass is 35.5. The molecule has 7 heteroatoms. The number of aryl methyl sites for hydroxylation is 1. The number of nitrogens with zero attached hydrogens (tertiary/aromatic N) is 1.